The first-order chi connectivity index (χ1) is 11.7. The summed E-state index contributed by atoms with van der Waals surface area (Å²) in [6, 6.07) is 6.72. The maximum Gasteiger partial charge on any atom is 0.281 e. The second kappa shape index (κ2) is 6.01. The van der Waals surface area contributed by atoms with Crippen LogP contribution in [0.4, 0.5) is 22.0 Å². The van der Waals surface area contributed by atoms with E-state index in [1.54, 1.807) is 6.07 Å². The summed E-state index contributed by atoms with van der Waals surface area (Å²) in [5, 5.41) is 18.5. The predicted molar refractivity (Wildman–Crippen MR) is 76.2 cm³/mol. The van der Waals surface area contributed by atoms with Gasteiger partial charge in [0.1, 0.15) is 23.4 Å². The maximum absolute atomic E-state index is 13.8. The lowest BCUT2D eigenvalue weighted by Crippen LogP contribution is -2.22. The summed E-state index contributed by atoms with van der Waals surface area (Å²) in [6.45, 7) is 0. The molecule has 2 aromatic rings. The third kappa shape index (κ3) is 3.03. The van der Waals surface area contributed by atoms with Gasteiger partial charge in [0.2, 0.25) is 0 Å². The Morgan fingerprint density at radius 2 is 1.96 bits per heavy atom. The summed E-state index contributed by atoms with van der Waals surface area (Å²) in [4.78, 5) is 0. The van der Waals surface area contributed by atoms with Gasteiger partial charge in [-0.05, 0) is 24.3 Å². The largest absolute Gasteiger partial charge is 0.457 e. The lowest BCUT2D eigenvalue weighted by molar-refractivity contribution is -0.0975. The molecule has 0 aliphatic heterocycles. The maximum atomic E-state index is 13.8. The highest BCUT2D eigenvalue weighted by atomic mass is 19.3. The number of ether oxygens (including phenoxy) is 1. The van der Waals surface area contributed by atoms with Crippen molar-refractivity contribution >= 4 is 0 Å². The van der Waals surface area contributed by atoms with Crippen molar-refractivity contribution < 1.29 is 31.8 Å². The lowest BCUT2D eigenvalue weighted by atomic mass is 10.0. The molecule has 0 aromatic heterocycles. The van der Waals surface area contributed by atoms with Gasteiger partial charge in [-0.1, -0.05) is 0 Å². The van der Waals surface area contributed by atoms with Crippen molar-refractivity contribution in [1.29, 1.82) is 5.26 Å². The van der Waals surface area contributed by atoms with E-state index in [9.17, 15) is 27.1 Å². The molecule has 1 atom stereocenters. The highest BCUT2D eigenvalue weighted by Crippen LogP contribution is 2.50. The van der Waals surface area contributed by atoms with Crippen LogP contribution in [-0.4, -0.2) is 11.0 Å². The van der Waals surface area contributed by atoms with Crippen LogP contribution in [0.1, 0.15) is 34.8 Å². The minimum atomic E-state index is -3.62. The van der Waals surface area contributed by atoms with E-state index in [1.807, 2.05) is 0 Å². The zero-order valence-electron chi connectivity index (χ0n) is 12.4. The van der Waals surface area contributed by atoms with Gasteiger partial charge < -0.3 is 9.84 Å². The minimum absolute atomic E-state index is 0.0544. The van der Waals surface area contributed by atoms with Crippen LogP contribution < -0.4 is 4.74 Å². The van der Waals surface area contributed by atoms with E-state index in [0.717, 1.165) is 24.3 Å². The number of rotatable bonds is 3. The highest BCUT2D eigenvalue weighted by Gasteiger charge is 2.50. The molecule has 130 valence electrons. The van der Waals surface area contributed by atoms with Crippen molar-refractivity contribution in [2.45, 2.75) is 24.9 Å². The summed E-state index contributed by atoms with van der Waals surface area (Å²) >= 11 is 0. The summed E-state index contributed by atoms with van der Waals surface area (Å²) in [5.74, 6) is -4.75. The predicted octanol–water partition coefficient (Wildman–Crippen LogP) is 4.65. The van der Waals surface area contributed by atoms with Crippen LogP contribution in [0, 0.1) is 17.1 Å². The van der Waals surface area contributed by atoms with E-state index in [1.165, 1.54) is 6.07 Å². The fourth-order valence-electron chi connectivity index (χ4n) is 2.81. The standard InChI is InChI=1S/C17H10F5NO2/c18-9-3-8(7-23)4-10(5-9)25-13-2-1-11(16(19)20)14-12(13)6-17(21,22)15(14)24/h1-5,15-16,24H,6H2. The van der Waals surface area contributed by atoms with Crippen LogP contribution >= 0.6 is 0 Å². The second-order valence-electron chi connectivity index (χ2n) is 5.58. The van der Waals surface area contributed by atoms with Crippen molar-refractivity contribution in [3.05, 3.63) is 58.4 Å². The van der Waals surface area contributed by atoms with E-state index >= 15 is 0 Å². The number of nitrogens with zero attached hydrogens (tertiary/aromatic N) is 1. The van der Waals surface area contributed by atoms with Crippen molar-refractivity contribution in [2.24, 2.45) is 0 Å². The monoisotopic (exact) mass is 355 g/mol. The van der Waals surface area contributed by atoms with Crippen LogP contribution in [0.25, 0.3) is 0 Å². The molecule has 0 saturated heterocycles. The molecule has 1 N–H and O–H groups in total. The Bertz CT molecular complexity index is 876. The fraction of sp³-hybridized carbons (Fsp3) is 0.235. The van der Waals surface area contributed by atoms with Crippen LogP contribution in [0.3, 0.4) is 0 Å². The van der Waals surface area contributed by atoms with E-state index in [4.69, 9.17) is 10.00 Å². The first-order valence-corrected chi connectivity index (χ1v) is 7.11. The van der Waals surface area contributed by atoms with E-state index in [-0.39, 0.29) is 22.6 Å². The second-order valence-corrected chi connectivity index (χ2v) is 5.58. The number of halogens is 5. The molecule has 0 fully saturated rings. The van der Waals surface area contributed by atoms with Gasteiger partial charge in [-0.25, -0.2) is 22.0 Å². The minimum Gasteiger partial charge on any atom is -0.457 e. The quantitative estimate of drug-likeness (QED) is 0.816. The van der Waals surface area contributed by atoms with E-state index in [2.05, 4.69) is 0 Å². The molecule has 1 aliphatic rings. The van der Waals surface area contributed by atoms with Gasteiger partial charge >= 0.3 is 0 Å². The number of benzene rings is 2. The Labute approximate surface area is 138 Å². The molecule has 2 aromatic carbocycles. The molecule has 0 amide bonds. The topological polar surface area (TPSA) is 53.2 Å². The normalized spacial score (nSPS) is 18.1. The van der Waals surface area contributed by atoms with Crippen molar-refractivity contribution in [1.82, 2.24) is 0 Å². The van der Waals surface area contributed by atoms with Gasteiger partial charge in [-0.2, -0.15) is 5.26 Å². The molecule has 3 rings (SSSR count). The summed E-state index contributed by atoms with van der Waals surface area (Å²) in [7, 11) is 0. The highest BCUT2D eigenvalue weighted by molar-refractivity contribution is 5.53. The van der Waals surface area contributed by atoms with Gasteiger partial charge in [-0.15, -0.1) is 0 Å². The Kier molecular flexibility index (Phi) is 4.13. The molecular formula is C17H10F5NO2. The molecular weight excluding hydrogens is 345 g/mol. The van der Waals surface area contributed by atoms with Crippen LogP contribution in [0.15, 0.2) is 30.3 Å². The summed E-state index contributed by atoms with van der Waals surface area (Å²) < 4.78 is 72.6. The molecule has 0 spiro atoms. The van der Waals surface area contributed by atoms with Gasteiger partial charge in [0, 0.05) is 29.2 Å². The first-order valence-electron chi connectivity index (χ1n) is 7.11. The average Bonchev–Trinajstić information content (AvgIpc) is 2.78. The molecule has 0 saturated carbocycles. The SMILES string of the molecule is N#Cc1cc(F)cc(Oc2ccc(C(F)F)c3c2CC(F)(F)C3O)c1. The molecule has 0 bridgehead atoms. The van der Waals surface area contributed by atoms with Crippen molar-refractivity contribution in [2.75, 3.05) is 0 Å². The Morgan fingerprint density at radius 3 is 2.60 bits per heavy atom. The van der Waals surface area contributed by atoms with E-state index in [0.29, 0.717) is 0 Å². The first kappa shape index (κ1) is 17.2. The molecule has 3 nitrogen and oxygen atoms in total. The van der Waals surface area contributed by atoms with Crippen LogP contribution in [0.2, 0.25) is 0 Å². The number of hydrogen-bond donors (Lipinski definition) is 1. The average molecular weight is 355 g/mol. The van der Waals surface area contributed by atoms with Crippen LogP contribution in [0.5, 0.6) is 11.5 Å². The fourth-order valence-corrected chi connectivity index (χ4v) is 2.81. The molecule has 8 heteroatoms. The Morgan fingerprint density at radius 1 is 1.24 bits per heavy atom. The third-order valence-electron chi connectivity index (χ3n) is 3.90. The van der Waals surface area contributed by atoms with Crippen molar-refractivity contribution in [3.8, 4) is 17.6 Å². The van der Waals surface area contributed by atoms with Crippen LogP contribution in [-0.2, 0) is 6.42 Å². The number of nitriles is 1. The van der Waals surface area contributed by atoms with Gasteiger partial charge in [-0.3, -0.25) is 0 Å². The number of alkyl halides is 4. The summed E-state index contributed by atoms with van der Waals surface area (Å²) in [6.07, 6.45) is -6.41. The zero-order chi connectivity index (χ0) is 18.4. The smallest absolute Gasteiger partial charge is 0.281 e. The number of hydrogen-bond acceptors (Lipinski definition) is 3. The van der Waals surface area contributed by atoms with Gasteiger partial charge in [0.05, 0.1) is 11.6 Å². The molecule has 0 heterocycles. The Hall–Kier alpha value is -2.66. The van der Waals surface area contributed by atoms with E-state index < -0.39 is 41.8 Å². The third-order valence-corrected chi connectivity index (χ3v) is 3.90. The zero-order valence-corrected chi connectivity index (χ0v) is 12.4. The van der Waals surface area contributed by atoms with Crippen molar-refractivity contribution in [3.63, 3.8) is 0 Å². The lowest BCUT2D eigenvalue weighted by Gasteiger charge is -2.16. The molecule has 0 radical (unpaired) electrons. The molecule has 1 unspecified atom stereocenters. The number of aliphatic hydroxyl groups excluding tert-OH is 1. The van der Waals surface area contributed by atoms with Gasteiger partial charge in [0.15, 0.2) is 0 Å². The molecule has 1 aliphatic carbocycles. The summed E-state index contributed by atoms with van der Waals surface area (Å²) in [5.41, 5.74) is -1.60. The van der Waals surface area contributed by atoms with Gasteiger partial charge in [0.25, 0.3) is 12.3 Å². The molecule has 25 heavy (non-hydrogen) atoms. The Balaban J connectivity index is 2.08. The number of aliphatic hydroxyl groups is 1. The number of fused-ring (bicyclic) bond motifs is 1.